The lowest BCUT2D eigenvalue weighted by molar-refractivity contribution is -0.111. The number of rotatable bonds is 7. The molecule has 0 radical (unpaired) electrons. The van der Waals surface area contributed by atoms with Crippen molar-refractivity contribution in [2.24, 2.45) is 0 Å². The second-order valence-electron chi connectivity index (χ2n) is 7.34. The zero-order valence-electron chi connectivity index (χ0n) is 17.3. The van der Waals surface area contributed by atoms with E-state index in [2.05, 4.69) is 54.7 Å². The van der Waals surface area contributed by atoms with Gasteiger partial charge in [-0.1, -0.05) is 60.2 Å². The first-order chi connectivity index (χ1) is 14.5. The van der Waals surface area contributed by atoms with Crippen LogP contribution in [-0.2, 0) is 11.3 Å². The van der Waals surface area contributed by atoms with Crippen molar-refractivity contribution in [3.8, 4) is 17.2 Å². The first-order valence-corrected chi connectivity index (χ1v) is 9.84. The summed E-state index contributed by atoms with van der Waals surface area (Å²) in [5, 5.41) is 11.6. The van der Waals surface area contributed by atoms with Crippen LogP contribution < -0.4 is 5.32 Å². The molecule has 0 saturated heterocycles. The van der Waals surface area contributed by atoms with E-state index in [1.165, 1.54) is 5.56 Å². The summed E-state index contributed by atoms with van der Waals surface area (Å²) in [6.45, 7) is 3.15. The highest BCUT2D eigenvalue weighted by Gasteiger charge is 2.02. The van der Waals surface area contributed by atoms with Crippen LogP contribution in [0.4, 0.5) is 5.69 Å². The highest BCUT2D eigenvalue weighted by molar-refractivity contribution is 6.02. The minimum absolute atomic E-state index is 0.176. The van der Waals surface area contributed by atoms with E-state index in [4.69, 9.17) is 5.26 Å². The standard InChI is InChI=1S/C26H25N3O/c1-20-6-11-23(12-7-20)24-5-3-4-21(18-24)10-15-26(30)28-25-13-8-22(9-14-25)19-29(2)17-16-27/h3-15,18H,17,19H2,1-2H3,(H,28,30). The Kier molecular flexibility index (Phi) is 7.15. The van der Waals surface area contributed by atoms with Crippen molar-refractivity contribution in [1.82, 2.24) is 4.90 Å². The number of hydrogen-bond donors (Lipinski definition) is 1. The van der Waals surface area contributed by atoms with Gasteiger partial charge in [-0.2, -0.15) is 5.26 Å². The number of amides is 1. The molecule has 30 heavy (non-hydrogen) atoms. The first kappa shape index (κ1) is 21.0. The van der Waals surface area contributed by atoms with Gasteiger partial charge in [-0.15, -0.1) is 0 Å². The molecule has 0 fully saturated rings. The number of carbonyl (C=O) groups excluding carboxylic acids is 1. The monoisotopic (exact) mass is 395 g/mol. The summed E-state index contributed by atoms with van der Waals surface area (Å²) in [6.07, 6.45) is 3.36. The molecular formula is C26H25N3O. The number of carbonyl (C=O) groups is 1. The molecule has 0 aromatic heterocycles. The smallest absolute Gasteiger partial charge is 0.248 e. The van der Waals surface area contributed by atoms with Crippen molar-refractivity contribution < 1.29 is 4.79 Å². The number of hydrogen-bond acceptors (Lipinski definition) is 3. The second kappa shape index (κ2) is 10.2. The van der Waals surface area contributed by atoms with E-state index in [9.17, 15) is 4.79 Å². The lowest BCUT2D eigenvalue weighted by atomic mass is 10.0. The van der Waals surface area contributed by atoms with Crippen LogP contribution >= 0.6 is 0 Å². The number of anilines is 1. The number of nitrogens with zero attached hydrogens (tertiary/aromatic N) is 2. The quantitative estimate of drug-likeness (QED) is 0.438. The zero-order valence-corrected chi connectivity index (χ0v) is 17.3. The predicted octanol–water partition coefficient (Wildman–Crippen LogP) is 5.27. The maximum Gasteiger partial charge on any atom is 0.248 e. The van der Waals surface area contributed by atoms with Crippen LogP contribution in [0.1, 0.15) is 16.7 Å². The van der Waals surface area contributed by atoms with E-state index < -0.39 is 0 Å². The Hall–Kier alpha value is -3.68. The first-order valence-electron chi connectivity index (χ1n) is 9.84. The fourth-order valence-electron chi connectivity index (χ4n) is 3.11. The highest BCUT2D eigenvalue weighted by atomic mass is 16.1. The van der Waals surface area contributed by atoms with E-state index in [0.29, 0.717) is 13.1 Å². The second-order valence-corrected chi connectivity index (χ2v) is 7.34. The lowest BCUT2D eigenvalue weighted by Gasteiger charge is -2.12. The molecule has 4 nitrogen and oxygen atoms in total. The van der Waals surface area contributed by atoms with Crippen molar-refractivity contribution in [1.29, 1.82) is 5.26 Å². The topological polar surface area (TPSA) is 56.1 Å². The highest BCUT2D eigenvalue weighted by Crippen LogP contribution is 2.21. The largest absolute Gasteiger partial charge is 0.323 e. The van der Waals surface area contributed by atoms with Crippen LogP contribution in [-0.4, -0.2) is 24.4 Å². The van der Waals surface area contributed by atoms with Crippen LogP contribution in [0.2, 0.25) is 0 Å². The van der Waals surface area contributed by atoms with Gasteiger partial charge in [0.25, 0.3) is 0 Å². The minimum Gasteiger partial charge on any atom is -0.323 e. The normalized spacial score (nSPS) is 10.9. The van der Waals surface area contributed by atoms with Crippen molar-refractivity contribution in [3.05, 3.63) is 95.6 Å². The molecule has 0 bridgehead atoms. The molecule has 0 heterocycles. The van der Waals surface area contributed by atoms with Crippen molar-refractivity contribution in [2.75, 3.05) is 18.9 Å². The third-order valence-electron chi connectivity index (χ3n) is 4.71. The third-order valence-corrected chi connectivity index (χ3v) is 4.71. The van der Waals surface area contributed by atoms with Gasteiger partial charge in [-0.3, -0.25) is 9.69 Å². The number of aryl methyl sites for hydroxylation is 1. The third kappa shape index (κ3) is 6.16. The molecule has 0 saturated carbocycles. The lowest BCUT2D eigenvalue weighted by Crippen LogP contribution is -2.17. The Bertz CT molecular complexity index is 1060. The summed E-state index contributed by atoms with van der Waals surface area (Å²) in [5.41, 5.74) is 6.31. The molecule has 3 aromatic carbocycles. The molecule has 3 aromatic rings. The number of nitrogens with one attached hydrogen (secondary N) is 1. The molecular weight excluding hydrogens is 370 g/mol. The molecule has 1 N–H and O–H groups in total. The molecule has 0 spiro atoms. The van der Waals surface area contributed by atoms with Crippen molar-refractivity contribution in [3.63, 3.8) is 0 Å². The van der Waals surface area contributed by atoms with E-state index in [1.54, 1.807) is 6.08 Å². The molecule has 4 heteroatoms. The molecule has 0 aliphatic carbocycles. The van der Waals surface area contributed by atoms with Gasteiger partial charge in [0.2, 0.25) is 5.91 Å². The van der Waals surface area contributed by atoms with Gasteiger partial charge in [0.1, 0.15) is 0 Å². The van der Waals surface area contributed by atoms with Gasteiger partial charge in [0, 0.05) is 18.3 Å². The number of nitriles is 1. The van der Waals surface area contributed by atoms with Gasteiger partial charge in [0.15, 0.2) is 0 Å². The molecule has 0 aliphatic heterocycles. The average molecular weight is 396 g/mol. The SMILES string of the molecule is Cc1ccc(-c2cccc(C=CC(=O)Nc3ccc(CN(C)CC#N)cc3)c2)cc1. The van der Waals surface area contributed by atoms with Crippen LogP contribution in [0, 0.1) is 18.3 Å². The minimum atomic E-state index is -0.176. The molecule has 3 rings (SSSR count). The summed E-state index contributed by atoms with van der Waals surface area (Å²) in [6, 6.07) is 26.3. The van der Waals surface area contributed by atoms with Gasteiger partial charge >= 0.3 is 0 Å². The van der Waals surface area contributed by atoms with Crippen LogP contribution in [0.25, 0.3) is 17.2 Å². The zero-order chi connectivity index (χ0) is 21.3. The van der Waals surface area contributed by atoms with Crippen molar-refractivity contribution in [2.45, 2.75) is 13.5 Å². The summed E-state index contributed by atoms with van der Waals surface area (Å²) in [7, 11) is 1.90. The van der Waals surface area contributed by atoms with Gasteiger partial charge in [-0.25, -0.2) is 0 Å². The Balaban J connectivity index is 1.60. The Morgan fingerprint density at radius 1 is 1.03 bits per heavy atom. The fourth-order valence-corrected chi connectivity index (χ4v) is 3.11. The Morgan fingerprint density at radius 3 is 2.47 bits per heavy atom. The van der Waals surface area contributed by atoms with E-state index >= 15 is 0 Å². The molecule has 0 atom stereocenters. The van der Waals surface area contributed by atoms with Crippen LogP contribution in [0.3, 0.4) is 0 Å². The Morgan fingerprint density at radius 2 is 1.77 bits per heavy atom. The summed E-state index contributed by atoms with van der Waals surface area (Å²) < 4.78 is 0. The van der Waals surface area contributed by atoms with Gasteiger partial charge in [0.05, 0.1) is 12.6 Å². The molecule has 0 aliphatic rings. The van der Waals surface area contributed by atoms with Gasteiger partial charge < -0.3 is 5.32 Å². The van der Waals surface area contributed by atoms with E-state index in [1.807, 2.05) is 54.4 Å². The van der Waals surface area contributed by atoms with E-state index in [-0.39, 0.29) is 5.91 Å². The molecule has 1 amide bonds. The maximum absolute atomic E-state index is 12.3. The summed E-state index contributed by atoms with van der Waals surface area (Å²) >= 11 is 0. The van der Waals surface area contributed by atoms with Crippen molar-refractivity contribution >= 4 is 17.7 Å². The average Bonchev–Trinajstić information content (AvgIpc) is 2.75. The van der Waals surface area contributed by atoms with E-state index in [0.717, 1.165) is 27.9 Å². The Labute approximate surface area is 178 Å². The molecule has 150 valence electrons. The predicted molar refractivity (Wildman–Crippen MR) is 123 cm³/mol. The van der Waals surface area contributed by atoms with Crippen LogP contribution in [0.15, 0.2) is 78.9 Å². The summed E-state index contributed by atoms with van der Waals surface area (Å²) in [5.74, 6) is -0.176. The molecule has 0 unspecified atom stereocenters. The summed E-state index contributed by atoms with van der Waals surface area (Å²) in [4.78, 5) is 14.2. The maximum atomic E-state index is 12.3. The van der Waals surface area contributed by atoms with Gasteiger partial charge in [-0.05, 0) is 60.5 Å². The fraction of sp³-hybridized carbons (Fsp3) is 0.154. The number of benzene rings is 3. The van der Waals surface area contributed by atoms with Crippen LogP contribution in [0.5, 0.6) is 0 Å².